The van der Waals surface area contributed by atoms with Crippen molar-refractivity contribution in [2.45, 2.75) is 116 Å². The minimum atomic E-state index is 0.901. The SMILES string of the molecule is CCCCCCCCCCCCCCCCCCC(C#N)=CC=CN(C)C. The smallest absolute Gasteiger partial charge is 0.0947 e. The van der Waals surface area contributed by atoms with Crippen LogP contribution in [0.5, 0.6) is 0 Å². The molecule has 0 aromatic heterocycles. The van der Waals surface area contributed by atoms with E-state index in [-0.39, 0.29) is 0 Å². The minimum absolute atomic E-state index is 0.901. The summed E-state index contributed by atoms with van der Waals surface area (Å²) in [5.41, 5.74) is 0.901. The second-order valence-corrected chi connectivity index (χ2v) is 8.16. The number of nitriles is 1. The van der Waals surface area contributed by atoms with Gasteiger partial charge in [0.2, 0.25) is 0 Å². The molecule has 0 saturated heterocycles. The molecule has 0 heterocycles. The summed E-state index contributed by atoms with van der Waals surface area (Å²) in [4.78, 5) is 1.99. The van der Waals surface area contributed by atoms with Crippen LogP contribution < -0.4 is 0 Å². The average molecular weight is 375 g/mol. The number of nitrogens with zero attached hydrogens (tertiary/aromatic N) is 2. The Morgan fingerprint density at radius 1 is 0.704 bits per heavy atom. The van der Waals surface area contributed by atoms with E-state index in [1.54, 1.807) is 0 Å². The number of unbranched alkanes of at least 4 members (excludes halogenated alkanes) is 15. The first-order valence-corrected chi connectivity index (χ1v) is 11.6. The van der Waals surface area contributed by atoms with Crippen LogP contribution in [0.15, 0.2) is 23.9 Å². The maximum atomic E-state index is 9.15. The van der Waals surface area contributed by atoms with Crippen LogP contribution in [0.3, 0.4) is 0 Å². The van der Waals surface area contributed by atoms with Gasteiger partial charge in [-0.1, -0.05) is 103 Å². The minimum Gasteiger partial charge on any atom is -0.383 e. The van der Waals surface area contributed by atoms with Crippen LogP contribution in [0.4, 0.5) is 0 Å². The molecule has 0 aliphatic rings. The van der Waals surface area contributed by atoms with Crippen molar-refractivity contribution in [1.82, 2.24) is 4.90 Å². The Morgan fingerprint density at radius 3 is 1.48 bits per heavy atom. The molecule has 0 aromatic carbocycles. The third-order valence-corrected chi connectivity index (χ3v) is 5.12. The van der Waals surface area contributed by atoms with Gasteiger partial charge < -0.3 is 4.90 Å². The van der Waals surface area contributed by atoms with Crippen molar-refractivity contribution in [3.63, 3.8) is 0 Å². The third-order valence-electron chi connectivity index (χ3n) is 5.12. The Bertz CT molecular complexity index is 401. The first-order chi connectivity index (χ1) is 13.2. The van der Waals surface area contributed by atoms with E-state index < -0.39 is 0 Å². The molecule has 0 bridgehead atoms. The van der Waals surface area contributed by atoms with E-state index in [2.05, 4.69) is 13.0 Å². The number of allylic oxidation sites excluding steroid dienone is 3. The Balaban J connectivity index is 3.32. The van der Waals surface area contributed by atoms with E-state index in [9.17, 15) is 0 Å². The third kappa shape index (κ3) is 20.9. The van der Waals surface area contributed by atoms with Crippen LogP contribution in [0.25, 0.3) is 0 Å². The maximum Gasteiger partial charge on any atom is 0.0947 e. The molecule has 0 atom stereocenters. The summed E-state index contributed by atoms with van der Waals surface area (Å²) in [6, 6.07) is 2.32. The first-order valence-electron chi connectivity index (χ1n) is 11.6. The van der Waals surface area contributed by atoms with Gasteiger partial charge in [0.1, 0.15) is 0 Å². The zero-order valence-corrected chi connectivity index (χ0v) is 18.6. The average Bonchev–Trinajstić information content (AvgIpc) is 2.66. The van der Waals surface area contributed by atoms with Crippen LogP contribution in [0, 0.1) is 11.3 Å². The Hall–Kier alpha value is -1.23. The molecule has 0 saturated carbocycles. The largest absolute Gasteiger partial charge is 0.383 e. The van der Waals surface area contributed by atoms with E-state index in [4.69, 9.17) is 5.26 Å². The fourth-order valence-corrected chi connectivity index (χ4v) is 3.37. The van der Waals surface area contributed by atoms with Crippen molar-refractivity contribution >= 4 is 0 Å². The van der Waals surface area contributed by atoms with Gasteiger partial charge in [-0.25, -0.2) is 0 Å². The summed E-state index contributed by atoms with van der Waals surface area (Å²) in [6.07, 6.45) is 29.0. The molecule has 0 spiro atoms. The normalized spacial score (nSPS) is 11.9. The summed E-state index contributed by atoms with van der Waals surface area (Å²) in [5, 5.41) is 9.15. The number of rotatable bonds is 19. The molecule has 0 aliphatic carbocycles. The molecule has 0 amide bonds. The fourth-order valence-electron chi connectivity index (χ4n) is 3.37. The van der Waals surface area contributed by atoms with Gasteiger partial charge in [0.05, 0.1) is 6.07 Å². The van der Waals surface area contributed by atoms with Crippen molar-refractivity contribution in [2.24, 2.45) is 0 Å². The molecule has 2 nitrogen and oxygen atoms in total. The van der Waals surface area contributed by atoms with E-state index >= 15 is 0 Å². The highest BCUT2D eigenvalue weighted by Crippen LogP contribution is 2.15. The van der Waals surface area contributed by atoms with Crippen molar-refractivity contribution in [3.8, 4) is 6.07 Å². The highest BCUT2D eigenvalue weighted by atomic mass is 15.0. The van der Waals surface area contributed by atoms with Gasteiger partial charge in [0.25, 0.3) is 0 Å². The van der Waals surface area contributed by atoms with Gasteiger partial charge in [-0.3, -0.25) is 0 Å². The van der Waals surface area contributed by atoms with Crippen LogP contribution in [-0.2, 0) is 0 Å². The summed E-state index contributed by atoms with van der Waals surface area (Å²) in [6.45, 7) is 2.29. The summed E-state index contributed by atoms with van der Waals surface area (Å²) < 4.78 is 0. The van der Waals surface area contributed by atoms with Gasteiger partial charge in [-0.15, -0.1) is 0 Å². The maximum absolute atomic E-state index is 9.15. The second kappa shape index (κ2) is 21.1. The molecule has 27 heavy (non-hydrogen) atoms. The van der Waals surface area contributed by atoms with Gasteiger partial charge in [-0.2, -0.15) is 5.26 Å². The van der Waals surface area contributed by atoms with Crippen molar-refractivity contribution < 1.29 is 0 Å². The molecule has 2 heteroatoms. The predicted molar refractivity (Wildman–Crippen MR) is 121 cm³/mol. The molecule has 156 valence electrons. The highest BCUT2D eigenvalue weighted by molar-refractivity contribution is 5.25. The first kappa shape index (κ1) is 25.8. The molecule has 0 aromatic rings. The standard InChI is InChI=1S/C25H46N2/c1-4-5-6-7-8-9-10-11-12-13-14-15-16-17-18-19-21-25(24-26)22-20-23-27(2)3/h20,22-23H,4-19,21H2,1-3H3. The predicted octanol–water partition coefficient (Wildman–Crippen LogP) is 8.16. The van der Waals surface area contributed by atoms with E-state index in [0.29, 0.717) is 0 Å². The number of hydrogen-bond acceptors (Lipinski definition) is 2. The Kier molecular flexibility index (Phi) is 20.1. The molecule has 0 unspecified atom stereocenters. The van der Waals surface area contributed by atoms with E-state index in [0.717, 1.165) is 18.4 Å². The summed E-state index contributed by atoms with van der Waals surface area (Å²) >= 11 is 0. The van der Waals surface area contributed by atoms with Crippen molar-refractivity contribution in [3.05, 3.63) is 23.9 Å². The lowest BCUT2D eigenvalue weighted by atomic mass is 10.0. The van der Waals surface area contributed by atoms with Crippen molar-refractivity contribution in [2.75, 3.05) is 14.1 Å². The van der Waals surface area contributed by atoms with E-state index in [1.807, 2.05) is 37.3 Å². The van der Waals surface area contributed by atoms with Crippen LogP contribution in [0.1, 0.15) is 116 Å². The summed E-state index contributed by atoms with van der Waals surface area (Å²) in [5.74, 6) is 0. The van der Waals surface area contributed by atoms with E-state index in [1.165, 1.54) is 96.3 Å². The highest BCUT2D eigenvalue weighted by Gasteiger charge is 1.97. The van der Waals surface area contributed by atoms with Crippen molar-refractivity contribution in [1.29, 1.82) is 5.26 Å². The van der Waals surface area contributed by atoms with Gasteiger partial charge in [0.15, 0.2) is 0 Å². The molecule has 0 aliphatic heterocycles. The lowest BCUT2D eigenvalue weighted by molar-refractivity contribution is 0.529. The molecular formula is C25H46N2. The van der Waals surface area contributed by atoms with Gasteiger partial charge in [0, 0.05) is 19.7 Å². The Labute approximate surface area is 170 Å². The van der Waals surface area contributed by atoms with Gasteiger partial charge >= 0.3 is 0 Å². The molecule has 0 N–H and O–H groups in total. The zero-order valence-electron chi connectivity index (χ0n) is 18.6. The lowest BCUT2D eigenvalue weighted by Gasteiger charge is -2.04. The lowest BCUT2D eigenvalue weighted by Crippen LogP contribution is -1.99. The quantitative estimate of drug-likeness (QED) is 0.129. The zero-order chi connectivity index (χ0) is 20.0. The molecular weight excluding hydrogens is 328 g/mol. The number of hydrogen-bond donors (Lipinski definition) is 0. The van der Waals surface area contributed by atoms with Crippen LogP contribution >= 0.6 is 0 Å². The summed E-state index contributed by atoms with van der Waals surface area (Å²) in [7, 11) is 3.98. The monoisotopic (exact) mass is 374 g/mol. The fraction of sp³-hybridized carbons (Fsp3) is 0.800. The van der Waals surface area contributed by atoms with Crippen LogP contribution in [0.2, 0.25) is 0 Å². The van der Waals surface area contributed by atoms with Gasteiger partial charge in [-0.05, 0) is 31.2 Å². The topological polar surface area (TPSA) is 27.0 Å². The molecule has 0 radical (unpaired) electrons. The molecule has 0 rings (SSSR count). The van der Waals surface area contributed by atoms with Crippen LogP contribution in [-0.4, -0.2) is 19.0 Å². The molecule has 0 fully saturated rings. The second-order valence-electron chi connectivity index (χ2n) is 8.16. The Morgan fingerprint density at radius 2 is 1.11 bits per heavy atom.